The van der Waals surface area contributed by atoms with Crippen LogP contribution < -0.4 is 4.74 Å². The highest BCUT2D eigenvalue weighted by atomic mass is 16.7. The number of hydrogen-bond acceptors (Lipinski definition) is 5. The van der Waals surface area contributed by atoms with Crippen LogP contribution in [0.25, 0.3) is 0 Å². The van der Waals surface area contributed by atoms with Crippen LogP contribution in [0.3, 0.4) is 0 Å². The summed E-state index contributed by atoms with van der Waals surface area (Å²) in [6.45, 7) is 3.60. The van der Waals surface area contributed by atoms with Crippen LogP contribution in [-0.2, 0) is 9.53 Å². The number of para-hydroxylation sites is 1. The first kappa shape index (κ1) is 16.9. The van der Waals surface area contributed by atoms with Crippen molar-refractivity contribution in [3.8, 4) is 5.75 Å². The topological polar surface area (TPSA) is 93.1 Å². The monoisotopic (exact) mass is 270 g/mol. The van der Waals surface area contributed by atoms with Crippen molar-refractivity contribution < 1.29 is 29.3 Å². The number of aliphatic hydroxyl groups excluding tert-OH is 1. The van der Waals surface area contributed by atoms with Crippen molar-refractivity contribution in [3.63, 3.8) is 0 Å². The summed E-state index contributed by atoms with van der Waals surface area (Å²) in [6.07, 6.45) is -1.29. The number of esters is 1. The first-order chi connectivity index (χ1) is 9.01. The summed E-state index contributed by atoms with van der Waals surface area (Å²) in [5.74, 6) is -0.375. The smallest absolute Gasteiger partial charge is 0.466 e. The Morgan fingerprint density at radius 1 is 1.26 bits per heavy atom. The summed E-state index contributed by atoms with van der Waals surface area (Å²) in [5, 5.41) is 16.6. The number of hydrogen-bond donors (Lipinski definition) is 2. The fourth-order valence-corrected chi connectivity index (χ4v) is 0.948. The van der Waals surface area contributed by atoms with Gasteiger partial charge in [-0.3, -0.25) is 4.79 Å². The molecule has 0 aliphatic heterocycles. The second-order valence-electron chi connectivity index (χ2n) is 3.52. The van der Waals surface area contributed by atoms with E-state index in [2.05, 4.69) is 9.47 Å². The average molecular weight is 270 g/mol. The van der Waals surface area contributed by atoms with Gasteiger partial charge in [0.15, 0.2) is 0 Å². The van der Waals surface area contributed by atoms with Crippen LogP contribution in [-0.4, -0.2) is 35.6 Å². The molecule has 0 aliphatic rings. The van der Waals surface area contributed by atoms with Crippen LogP contribution in [0, 0.1) is 5.92 Å². The summed E-state index contributed by atoms with van der Waals surface area (Å²) in [6, 6.07) is 8.35. The molecular weight excluding hydrogens is 252 g/mol. The van der Waals surface area contributed by atoms with Gasteiger partial charge < -0.3 is 19.7 Å². The lowest BCUT2D eigenvalue weighted by Gasteiger charge is -2.05. The molecule has 1 atom stereocenters. The van der Waals surface area contributed by atoms with Gasteiger partial charge in [0, 0.05) is 0 Å². The highest BCUT2D eigenvalue weighted by Gasteiger charge is 2.10. The zero-order valence-corrected chi connectivity index (χ0v) is 10.9. The standard InChI is InChI=1S/C7H6O3.C6H12O3/c8-7(9)10-6-4-2-1-3-5-6;1-3-9-6(8)5(2)4-7/h1-5H,(H,8,9);5,7H,3-4H2,1-2H3. The van der Waals surface area contributed by atoms with Gasteiger partial charge in [0.2, 0.25) is 0 Å². The molecule has 1 rings (SSSR count). The molecular formula is C13H18O6. The molecule has 0 radical (unpaired) electrons. The van der Waals surface area contributed by atoms with Gasteiger partial charge in [0.25, 0.3) is 0 Å². The number of rotatable bonds is 4. The first-order valence-corrected chi connectivity index (χ1v) is 5.74. The van der Waals surface area contributed by atoms with E-state index in [-0.39, 0.29) is 18.5 Å². The van der Waals surface area contributed by atoms with Crippen LogP contribution in [0.5, 0.6) is 5.75 Å². The number of benzene rings is 1. The van der Waals surface area contributed by atoms with E-state index in [0.717, 1.165) is 0 Å². The molecule has 0 heterocycles. The Bertz CT molecular complexity index is 376. The van der Waals surface area contributed by atoms with E-state index in [1.54, 1.807) is 44.2 Å². The number of ether oxygens (including phenoxy) is 2. The molecule has 0 amide bonds. The minimum atomic E-state index is -1.29. The predicted molar refractivity (Wildman–Crippen MR) is 68.0 cm³/mol. The fraction of sp³-hybridized carbons (Fsp3) is 0.385. The summed E-state index contributed by atoms with van der Waals surface area (Å²) in [4.78, 5) is 20.5. The van der Waals surface area contributed by atoms with Crippen molar-refractivity contribution in [2.75, 3.05) is 13.2 Å². The molecule has 1 unspecified atom stereocenters. The van der Waals surface area contributed by atoms with E-state index in [0.29, 0.717) is 12.4 Å². The Kier molecular flexibility index (Phi) is 8.82. The predicted octanol–water partition coefficient (Wildman–Crippen LogP) is 1.92. The highest BCUT2D eigenvalue weighted by Crippen LogP contribution is 2.07. The van der Waals surface area contributed by atoms with Gasteiger partial charge in [-0.25, -0.2) is 4.79 Å². The van der Waals surface area contributed by atoms with Crippen LogP contribution >= 0.6 is 0 Å². The third-order valence-corrected chi connectivity index (χ3v) is 1.91. The maximum atomic E-state index is 10.6. The van der Waals surface area contributed by atoms with Crippen LogP contribution in [0.15, 0.2) is 30.3 Å². The van der Waals surface area contributed by atoms with Gasteiger partial charge >= 0.3 is 12.1 Å². The van der Waals surface area contributed by atoms with Crippen molar-refractivity contribution >= 4 is 12.1 Å². The van der Waals surface area contributed by atoms with Crippen LogP contribution in [0.4, 0.5) is 4.79 Å². The lowest BCUT2D eigenvalue weighted by atomic mass is 10.2. The summed E-state index contributed by atoms with van der Waals surface area (Å²) >= 11 is 0. The molecule has 0 aliphatic carbocycles. The van der Waals surface area contributed by atoms with E-state index in [9.17, 15) is 9.59 Å². The Hall–Kier alpha value is -2.08. The van der Waals surface area contributed by atoms with Crippen molar-refractivity contribution in [1.29, 1.82) is 0 Å². The van der Waals surface area contributed by atoms with Crippen LogP contribution in [0.2, 0.25) is 0 Å². The number of carbonyl (C=O) groups is 2. The fourth-order valence-electron chi connectivity index (χ4n) is 0.948. The van der Waals surface area contributed by atoms with Gasteiger partial charge in [0.05, 0.1) is 19.1 Å². The van der Waals surface area contributed by atoms with Crippen molar-refractivity contribution in [3.05, 3.63) is 30.3 Å². The van der Waals surface area contributed by atoms with Crippen molar-refractivity contribution in [2.24, 2.45) is 5.92 Å². The van der Waals surface area contributed by atoms with Gasteiger partial charge in [-0.1, -0.05) is 18.2 Å². The minimum Gasteiger partial charge on any atom is -0.466 e. The molecule has 0 bridgehead atoms. The van der Waals surface area contributed by atoms with Crippen molar-refractivity contribution in [1.82, 2.24) is 0 Å². The zero-order chi connectivity index (χ0) is 14.7. The molecule has 0 saturated heterocycles. The van der Waals surface area contributed by atoms with Crippen LogP contribution in [0.1, 0.15) is 13.8 Å². The molecule has 6 nitrogen and oxygen atoms in total. The second kappa shape index (κ2) is 9.90. The van der Waals surface area contributed by atoms with Crippen molar-refractivity contribution in [2.45, 2.75) is 13.8 Å². The number of carbonyl (C=O) groups excluding carboxylic acids is 1. The Labute approximate surface area is 111 Å². The van der Waals surface area contributed by atoms with E-state index in [4.69, 9.17) is 10.2 Å². The molecule has 2 N–H and O–H groups in total. The molecule has 1 aromatic carbocycles. The molecule has 6 heteroatoms. The average Bonchev–Trinajstić information content (AvgIpc) is 2.39. The lowest BCUT2D eigenvalue weighted by Crippen LogP contribution is -2.17. The summed E-state index contributed by atoms with van der Waals surface area (Å²) < 4.78 is 8.93. The van der Waals surface area contributed by atoms with E-state index in [1.807, 2.05) is 0 Å². The van der Waals surface area contributed by atoms with E-state index >= 15 is 0 Å². The Balaban J connectivity index is 0.000000344. The Morgan fingerprint density at radius 2 is 1.84 bits per heavy atom. The van der Waals surface area contributed by atoms with Gasteiger partial charge in [-0.15, -0.1) is 0 Å². The van der Waals surface area contributed by atoms with Gasteiger partial charge in [-0.05, 0) is 26.0 Å². The molecule has 0 saturated carbocycles. The molecule has 106 valence electrons. The molecule has 0 spiro atoms. The summed E-state index contributed by atoms with van der Waals surface area (Å²) in [7, 11) is 0. The van der Waals surface area contributed by atoms with Gasteiger partial charge in [-0.2, -0.15) is 0 Å². The molecule has 0 aromatic heterocycles. The minimum absolute atomic E-state index is 0.140. The maximum Gasteiger partial charge on any atom is 0.511 e. The zero-order valence-electron chi connectivity index (χ0n) is 10.9. The largest absolute Gasteiger partial charge is 0.511 e. The third kappa shape index (κ3) is 8.62. The molecule has 1 aromatic rings. The quantitative estimate of drug-likeness (QED) is 0.641. The second-order valence-corrected chi connectivity index (χ2v) is 3.52. The van der Waals surface area contributed by atoms with E-state index in [1.165, 1.54) is 0 Å². The molecule has 0 fully saturated rings. The van der Waals surface area contributed by atoms with Gasteiger partial charge in [0.1, 0.15) is 5.75 Å². The summed E-state index contributed by atoms with van der Waals surface area (Å²) in [5.41, 5.74) is 0. The SMILES string of the molecule is CCOC(=O)C(C)CO.O=C(O)Oc1ccccc1. The number of aliphatic hydroxyl groups is 1. The third-order valence-electron chi connectivity index (χ3n) is 1.91. The normalized spacial score (nSPS) is 10.7. The van der Waals surface area contributed by atoms with E-state index < -0.39 is 6.16 Å². The highest BCUT2D eigenvalue weighted by molar-refractivity contribution is 5.71. The first-order valence-electron chi connectivity index (χ1n) is 5.74. The molecule has 19 heavy (non-hydrogen) atoms. The maximum absolute atomic E-state index is 10.6. The number of carboxylic acid groups (broad SMARTS) is 1. The lowest BCUT2D eigenvalue weighted by molar-refractivity contribution is -0.148. The Morgan fingerprint density at radius 3 is 2.26 bits per heavy atom.